The van der Waals surface area contributed by atoms with Gasteiger partial charge in [-0.1, -0.05) is 0 Å². The highest BCUT2D eigenvalue weighted by atomic mass is 32.1. The van der Waals surface area contributed by atoms with Crippen LogP contribution in [-0.4, -0.2) is 29.1 Å². The van der Waals surface area contributed by atoms with Crippen molar-refractivity contribution >= 4 is 22.4 Å². The molecule has 0 spiro atoms. The van der Waals surface area contributed by atoms with Crippen LogP contribution in [-0.2, 0) is 0 Å². The molecule has 14 heavy (non-hydrogen) atoms. The zero-order valence-corrected chi connectivity index (χ0v) is 9.39. The van der Waals surface area contributed by atoms with Crippen molar-refractivity contribution in [3.05, 3.63) is 10.6 Å². The Hall–Kier alpha value is -1.10. The predicted molar refractivity (Wildman–Crippen MR) is 57.4 cm³/mol. The van der Waals surface area contributed by atoms with Gasteiger partial charge in [-0.15, -0.1) is 11.3 Å². The van der Waals surface area contributed by atoms with Gasteiger partial charge in [-0.2, -0.15) is 0 Å². The highest BCUT2D eigenvalue weighted by molar-refractivity contribution is 7.15. The molecule has 0 saturated carbocycles. The lowest BCUT2D eigenvalue weighted by atomic mass is 10.4. The Morgan fingerprint density at radius 2 is 2.07 bits per heavy atom. The van der Waals surface area contributed by atoms with Crippen molar-refractivity contribution in [2.45, 2.75) is 20.8 Å². The van der Waals surface area contributed by atoms with E-state index in [1.165, 1.54) is 11.3 Å². The summed E-state index contributed by atoms with van der Waals surface area (Å²) in [5.41, 5.74) is 0.178. The van der Waals surface area contributed by atoms with Gasteiger partial charge in [0.2, 0.25) is 0 Å². The molecule has 0 aliphatic heterocycles. The van der Waals surface area contributed by atoms with Crippen molar-refractivity contribution in [3.63, 3.8) is 0 Å². The lowest BCUT2D eigenvalue weighted by Crippen LogP contribution is -2.21. The van der Waals surface area contributed by atoms with Crippen molar-refractivity contribution in [2.75, 3.05) is 18.0 Å². The molecule has 1 rings (SSSR count). The van der Waals surface area contributed by atoms with Crippen molar-refractivity contribution in [3.8, 4) is 0 Å². The highest BCUT2D eigenvalue weighted by Crippen LogP contribution is 2.25. The maximum Gasteiger partial charge on any atom is 0.355 e. The van der Waals surface area contributed by atoms with E-state index < -0.39 is 5.97 Å². The molecule has 0 unspecified atom stereocenters. The van der Waals surface area contributed by atoms with E-state index in [1.54, 1.807) is 6.92 Å². The van der Waals surface area contributed by atoms with Gasteiger partial charge < -0.3 is 10.0 Å². The Morgan fingerprint density at radius 1 is 1.50 bits per heavy atom. The van der Waals surface area contributed by atoms with E-state index in [1.807, 2.05) is 18.7 Å². The van der Waals surface area contributed by atoms with Crippen LogP contribution in [0.25, 0.3) is 0 Å². The molecule has 1 aromatic rings. The monoisotopic (exact) mass is 214 g/mol. The zero-order valence-electron chi connectivity index (χ0n) is 8.57. The second kappa shape index (κ2) is 4.41. The first-order valence-corrected chi connectivity index (χ1v) is 5.37. The first kappa shape index (κ1) is 11.0. The topological polar surface area (TPSA) is 53.4 Å². The number of carboxylic acid groups (broad SMARTS) is 1. The van der Waals surface area contributed by atoms with Crippen LogP contribution in [0.15, 0.2) is 0 Å². The van der Waals surface area contributed by atoms with Crippen LogP contribution < -0.4 is 4.90 Å². The van der Waals surface area contributed by atoms with E-state index in [-0.39, 0.29) is 5.69 Å². The van der Waals surface area contributed by atoms with Gasteiger partial charge in [-0.05, 0) is 20.8 Å². The second-order valence-electron chi connectivity index (χ2n) is 2.88. The Labute approximate surface area is 87.2 Å². The summed E-state index contributed by atoms with van der Waals surface area (Å²) in [6, 6.07) is 0. The number of anilines is 1. The molecule has 1 aromatic heterocycles. The number of aromatic carboxylic acids is 1. The Kier molecular flexibility index (Phi) is 3.46. The fourth-order valence-corrected chi connectivity index (χ4v) is 2.24. The van der Waals surface area contributed by atoms with Gasteiger partial charge in [0.1, 0.15) is 0 Å². The van der Waals surface area contributed by atoms with Gasteiger partial charge in [0.05, 0.1) is 0 Å². The highest BCUT2D eigenvalue weighted by Gasteiger charge is 2.16. The number of aryl methyl sites for hydroxylation is 1. The summed E-state index contributed by atoms with van der Waals surface area (Å²) in [5, 5.41) is 9.63. The molecule has 0 amide bonds. The molecule has 78 valence electrons. The third-order valence-electron chi connectivity index (χ3n) is 2.02. The SMILES string of the molecule is CCN(CC)c1nc(C(=O)O)c(C)s1. The minimum absolute atomic E-state index is 0.178. The molecule has 0 bridgehead atoms. The van der Waals surface area contributed by atoms with E-state index in [9.17, 15) is 4.79 Å². The summed E-state index contributed by atoms with van der Waals surface area (Å²) < 4.78 is 0. The fourth-order valence-electron chi connectivity index (χ4n) is 1.21. The number of aromatic nitrogens is 1. The fraction of sp³-hybridized carbons (Fsp3) is 0.556. The molecule has 0 saturated heterocycles. The molecule has 0 aromatic carbocycles. The lowest BCUT2D eigenvalue weighted by molar-refractivity contribution is 0.0690. The number of carboxylic acids is 1. The summed E-state index contributed by atoms with van der Waals surface area (Å²) in [4.78, 5) is 17.7. The Morgan fingerprint density at radius 3 is 2.43 bits per heavy atom. The van der Waals surface area contributed by atoms with Crippen LogP contribution in [0.4, 0.5) is 5.13 Å². The van der Waals surface area contributed by atoms with Crippen LogP contribution in [0, 0.1) is 6.92 Å². The van der Waals surface area contributed by atoms with Gasteiger partial charge >= 0.3 is 5.97 Å². The van der Waals surface area contributed by atoms with Crippen molar-refractivity contribution in [2.24, 2.45) is 0 Å². The maximum atomic E-state index is 10.8. The molecular weight excluding hydrogens is 200 g/mol. The van der Waals surface area contributed by atoms with E-state index >= 15 is 0 Å². The first-order valence-electron chi connectivity index (χ1n) is 4.55. The number of nitrogens with zero attached hydrogens (tertiary/aromatic N) is 2. The number of thiazole rings is 1. The molecule has 0 aliphatic carbocycles. The van der Waals surface area contributed by atoms with Crippen LogP contribution >= 0.6 is 11.3 Å². The molecule has 1 N–H and O–H groups in total. The molecule has 1 heterocycles. The van der Waals surface area contributed by atoms with Crippen LogP contribution in [0.3, 0.4) is 0 Å². The third-order valence-corrected chi connectivity index (χ3v) is 3.05. The average Bonchev–Trinajstić information content (AvgIpc) is 2.50. The summed E-state index contributed by atoms with van der Waals surface area (Å²) in [7, 11) is 0. The van der Waals surface area contributed by atoms with Crippen molar-refractivity contribution in [1.82, 2.24) is 4.98 Å². The Balaban J connectivity index is 3.01. The summed E-state index contributed by atoms with van der Waals surface area (Å²) in [6.07, 6.45) is 0. The quantitative estimate of drug-likeness (QED) is 0.832. The largest absolute Gasteiger partial charge is 0.476 e. The number of rotatable bonds is 4. The Bertz CT molecular complexity index is 332. The summed E-state index contributed by atoms with van der Waals surface area (Å²) >= 11 is 1.43. The van der Waals surface area contributed by atoms with Gasteiger partial charge in [-0.3, -0.25) is 0 Å². The molecule has 5 heteroatoms. The molecule has 0 radical (unpaired) electrons. The van der Waals surface area contributed by atoms with E-state index in [0.29, 0.717) is 0 Å². The second-order valence-corrected chi connectivity index (χ2v) is 4.06. The number of carbonyl (C=O) groups is 1. The normalized spacial score (nSPS) is 10.2. The van der Waals surface area contributed by atoms with Gasteiger partial charge in [0, 0.05) is 18.0 Å². The molecule has 0 fully saturated rings. The summed E-state index contributed by atoms with van der Waals surface area (Å²) in [6.45, 7) is 7.54. The van der Waals surface area contributed by atoms with Gasteiger partial charge in [-0.25, -0.2) is 9.78 Å². The summed E-state index contributed by atoms with van der Waals surface area (Å²) in [5.74, 6) is -0.947. The number of hydrogen-bond donors (Lipinski definition) is 1. The van der Waals surface area contributed by atoms with Crippen LogP contribution in [0.5, 0.6) is 0 Å². The average molecular weight is 214 g/mol. The lowest BCUT2D eigenvalue weighted by Gasteiger charge is -2.16. The van der Waals surface area contributed by atoms with Crippen molar-refractivity contribution < 1.29 is 9.90 Å². The van der Waals surface area contributed by atoms with Gasteiger partial charge in [0.15, 0.2) is 10.8 Å². The first-order chi connectivity index (χ1) is 6.60. The zero-order chi connectivity index (χ0) is 10.7. The van der Waals surface area contributed by atoms with Crippen LogP contribution in [0.2, 0.25) is 0 Å². The molecular formula is C9H14N2O2S. The smallest absolute Gasteiger partial charge is 0.355 e. The van der Waals surface area contributed by atoms with E-state index in [2.05, 4.69) is 4.98 Å². The predicted octanol–water partition coefficient (Wildman–Crippen LogP) is 2.00. The van der Waals surface area contributed by atoms with E-state index in [4.69, 9.17) is 5.11 Å². The van der Waals surface area contributed by atoms with Crippen molar-refractivity contribution in [1.29, 1.82) is 0 Å². The van der Waals surface area contributed by atoms with Gasteiger partial charge in [0.25, 0.3) is 0 Å². The van der Waals surface area contributed by atoms with Crippen LogP contribution in [0.1, 0.15) is 29.2 Å². The molecule has 4 nitrogen and oxygen atoms in total. The van der Waals surface area contributed by atoms with E-state index in [0.717, 1.165) is 23.1 Å². The molecule has 0 aliphatic rings. The minimum Gasteiger partial charge on any atom is -0.476 e. The number of hydrogen-bond acceptors (Lipinski definition) is 4. The third kappa shape index (κ3) is 2.04. The minimum atomic E-state index is -0.947. The standard InChI is InChI=1S/C9H14N2O2S/c1-4-11(5-2)9-10-7(8(12)13)6(3)14-9/h4-5H2,1-3H3,(H,12,13). The molecule has 0 atom stereocenters. The maximum absolute atomic E-state index is 10.8.